The van der Waals surface area contributed by atoms with Crippen molar-refractivity contribution in [3.8, 4) is 0 Å². The lowest BCUT2D eigenvalue weighted by atomic mass is 9.83. The van der Waals surface area contributed by atoms with Crippen molar-refractivity contribution in [2.45, 2.75) is 70.9 Å². The number of aliphatic carboxylic acids is 1. The lowest BCUT2D eigenvalue weighted by molar-refractivity contribution is -0.137. The average Bonchev–Trinajstić information content (AvgIpc) is 3.36. The van der Waals surface area contributed by atoms with E-state index in [2.05, 4.69) is 46.7 Å². The van der Waals surface area contributed by atoms with Crippen molar-refractivity contribution in [2.24, 2.45) is 0 Å². The number of aromatic nitrogens is 3. The predicted octanol–water partition coefficient (Wildman–Crippen LogP) is 5.66. The van der Waals surface area contributed by atoms with E-state index in [9.17, 15) is 14.7 Å². The number of nitrogens with zero attached hydrogens (tertiary/aromatic N) is 4. The molecule has 0 saturated carbocycles. The molecule has 0 fully saturated rings. The van der Waals surface area contributed by atoms with E-state index in [0.29, 0.717) is 13.1 Å². The van der Waals surface area contributed by atoms with Gasteiger partial charge in [-0.2, -0.15) is 0 Å². The number of benzene rings is 3. The SMILES string of the molecule is Cc1c2ccc3c1nnn3CCCCCCc1ccc(cc1)C(=O)N1CCc3ccc(cc3C1)[C@H]2CC(=O)O. The first kappa shape index (κ1) is 25.3. The highest BCUT2D eigenvalue weighted by atomic mass is 16.4. The normalized spacial score (nSPS) is 18.0. The maximum Gasteiger partial charge on any atom is 0.304 e. The second-order valence-electron chi connectivity index (χ2n) is 11.0. The van der Waals surface area contributed by atoms with Crippen LogP contribution in [0, 0.1) is 6.92 Å². The molecule has 7 nitrogen and oxygen atoms in total. The summed E-state index contributed by atoms with van der Waals surface area (Å²) >= 11 is 0. The van der Waals surface area contributed by atoms with E-state index >= 15 is 0 Å². The molecule has 4 aromatic rings. The quantitative estimate of drug-likeness (QED) is 0.367. The minimum atomic E-state index is -0.845. The van der Waals surface area contributed by atoms with Gasteiger partial charge in [0.25, 0.3) is 5.91 Å². The highest BCUT2D eigenvalue weighted by molar-refractivity contribution is 5.94. The van der Waals surface area contributed by atoms with E-state index in [1.54, 1.807) is 0 Å². The van der Waals surface area contributed by atoms with Crippen LogP contribution in [0.5, 0.6) is 0 Å². The number of hydrogen-bond donors (Lipinski definition) is 1. The topological polar surface area (TPSA) is 88.3 Å². The molecule has 0 saturated heterocycles. The molecule has 6 heterocycles. The zero-order valence-electron chi connectivity index (χ0n) is 22.4. The molecule has 7 heteroatoms. The minimum Gasteiger partial charge on any atom is -0.481 e. The number of amides is 1. The van der Waals surface area contributed by atoms with Crippen LogP contribution in [0.1, 0.15) is 81.8 Å². The minimum absolute atomic E-state index is 0.0196. The summed E-state index contributed by atoms with van der Waals surface area (Å²) in [6, 6.07) is 18.5. The largest absolute Gasteiger partial charge is 0.481 e. The van der Waals surface area contributed by atoms with Crippen LogP contribution in [0.15, 0.2) is 54.6 Å². The van der Waals surface area contributed by atoms with Gasteiger partial charge >= 0.3 is 5.97 Å². The van der Waals surface area contributed by atoms with Crippen LogP contribution in [-0.2, 0) is 30.7 Å². The Labute approximate surface area is 228 Å². The van der Waals surface area contributed by atoms with Crippen molar-refractivity contribution in [3.63, 3.8) is 0 Å². The number of carbonyl (C=O) groups excluding carboxylic acids is 1. The summed E-state index contributed by atoms with van der Waals surface area (Å²) in [6.07, 6.45) is 6.18. The summed E-state index contributed by atoms with van der Waals surface area (Å²) in [4.78, 5) is 27.3. The summed E-state index contributed by atoms with van der Waals surface area (Å²) in [5.74, 6) is -1.12. The van der Waals surface area contributed by atoms with Gasteiger partial charge in [-0.25, -0.2) is 4.68 Å². The van der Waals surface area contributed by atoms with Gasteiger partial charge in [0.1, 0.15) is 5.52 Å². The first-order chi connectivity index (χ1) is 19.0. The van der Waals surface area contributed by atoms with Crippen LogP contribution >= 0.6 is 0 Å². The van der Waals surface area contributed by atoms with Gasteiger partial charge in [-0.15, -0.1) is 5.10 Å². The van der Waals surface area contributed by atoms with Gasteiger partial charge < -0.3 is 10.0 Å². The molecule has 0 radical (unpaired) electrons. The molecule has 9 bridgehead atoms. The van der Waals surface area contributed by atoms with Crippen LogP contribution < -0.4 is 0 Å². The van der Waals surface area contributed by atoms with Gasteiger partial charge in [0, 0.05) is 31.1 Å². The maximum atomic E-state index is 13.4. The summed E-state index contributed by atoms with van der Waals surface area (Å²) in [7, 11) is 0. The third kappa shape index (κ3) is 5.05. The van der Waals surface area contributed by atoms with Gasteiger partial charge in [0.15, 0.2) is 0 Å². The van der Waals surface area contributed by atoms with E-state index in [4.69, 9.17) is 0 Å². The monoisotopic (exact) mass is 522 g/mol. The smallest absolute Gasteiger partial charge is 0.304 e. The Morgan fingerprint density at radius 3 is 2.59 bits per heavy atom. The lowest BCUT2D eigenvalue weighted by Crippen LogP contribution is -2.36. The molecule has 5 aliphatic heterocycles. The zero-order valence-corrected chi connectivity index (χ0v) is 22.4. The van der Waals surface area contributed by atoms with Gasteiger partial charge in [-0.1, -0.05) is 54.5 Å². The Hall–Kier alpha value is -4.00. The molecule has 3 aromatic carbocycles. The van der Waals surface area contributed by atoms with Gasteiger partial charge in [-0.05, 0) is 84.2 Å². The first-order valence-corrected chi connectivity index (χ1v) is 14.0. The van der Waals surface area contributed by atoms with E-state index in [1.165, 1.54) is 11.1 Å². The van der Waals surface area contributed by atoms with Crippen molar-refractivity contribution in [2.75, 3.05) is 6.54 Å². The lowest BCUT2D eigenvalue weighted by Gasteiger charge is -2.30. The van der Waals surface area contributed by atoms with E-state index in [0.717, 1.165) is 83.9 Å². The van der Waals surface area contributed by atoms with Gasteiger partial charge in [0.2, 0.25) is 0 Å². The molecule has 0 unspecified atom stereocenters. The molecule has 0 aliphatic carbocycles. The Bertz CT molecular complexity index is 1540. The van der Waals surface area contributed by atoms with E-state index < -0.39 is 5.97 Å². The number of carbonyl (C=O) groups is 2. The first-order valence-electron chi connectivity index (χ1n) is 14.0. The second kappa shape index (κ2) is 10.6. The van der Waals surface area contributed by atoms with E-state index in [1.807, 2.05) is 34.7 Å². The van der Waals surface area contributed by atoms with Crippen LogP contribution in [0.2, 0.25) is 0 Å². The molecule has 39 heavy (non-hydrogen) atoms. The molecule has 1 N–H and O–H groups in total. The summed E-state index contributed by atoms with van der Waals surface area (Å²) in [6.45, 7) is 4.03. The Kier molecular flexibility index (Phi) is 6.90. The van der Waals surface area contributed by atoms with Gasteiger partial charge in [0.05, 0.1) is 11.9 Å². The number of carboxylic acid groups (broad SMARTS) is 1. The molecule has 1 amide bonds. The zero-order chi connectivity index (χ0) is 26.9. The van der Waals surface area contributed by atoms with Crippen molar-refractivity contribution in [1.82, 2.24) is 19.9 Å². The average molecular weight is 523 g/mol. The van der Waals surface area contributed by atoms with Crippen molar-refractivity contribution >= 4 is 22.9 Å². The molecule has 1 aromatic heterocycles. The van der Waals surface area contributed by atoms with E-state index in [-0.39, 0.29) is 18.2 Å². The second-order valence-corrected chi connectivity index (χ2v) is 11.0. The van der Waals surface area contributed by atoms with Crippen molar-refractivity contribution in [1.29, 1.82) is 0 Å². The molecule has 200 valence electrons. The summed E-state index contributed by atoms with van der Waals surface area (Å²) < 4.78 is 1.98. The number of aryl methyl sites for hydroxylation is 3. The highest BCUT2D eigenvalue weighted by Gasteiger charge is 2.26. The Balaban J connectivity index is 1.41. The molecule has 5 aliphatic rings. The molecular weight excluding hydrogens is 488 g/mol. The third-order valence-corrected chi connectivity index (χ3v) is 8.45. The fraction of sp³-hybridized carbons (Fsp3) is 0.375. The molecule has 9 rings (SSSR count). The van der Waals surface area contributed by atoms with Gasteiger partial charge in [-0.3, -0.25) is 9.59 Å². The summed E-state index contributed by atoms with van der Waals surface area (Å²) in [5.41, 5.74) is 9.01. The molecular formula is C32H34N4O3. The highest BCUT2D eigenvalue weighted by Crippen LogP contribution is 2.35. The number of hydrogen-bond acceptors (Lipinski definition) is 4. The number of rotatable bonds is 2. The standard InChI is InChI=1S/C32H34N4O3/c1-21-27-13-14-29-31(21)33-34-36(29)16-5-3-2-4-6-22-7-9-24(10-8-22)32(39)35-17-15-23-11-12-25(18-26(23)20-35)28(27)19-30(37)38/h7-14,18,28H,2-6,15-17,19-20H2,1H3,(H,37,38)/t28-/m1/s1. The predicted molar refractivity (Wildman–Crippen MR) is 150 cm³/mol. The Morgan fingerprint density at radius 2 is 1.77 bits per heavy atom. The number of carboxylic acids is 1. The maximum absolute atomic E-state index is 13.4. The fourth-order valence-corrected chi connectivity index (χ4v) is 6.22. The molecule has 0 spiro atoms. The fourth-order valence-electron chi connectivity index (χ4n) is 6.22. The van der Waals surface area contributed by atoms with Crippen LogP contribution in [-0.4, -0.2) is 43.4 Å². The third-order valence-electron chi connectivity index (χ3n) is 8.45. The van der Waals surface area contributed by atoms with Crippen molar-refractivity contribution < 1.29 is 14.7 Å². The van der Waals surface area contributed by atoms with Crippen LogP contribution in [0.4, 0.5) is 0 Å². The van der Waals surface area contributed by atoms with Crippen LogP contribution in [0.3, 0.4) is 0 Å². The van der Waals surface area contributed by atoms with Crippen LogP contribution in [0.25, 0.3) is 11.0 Å². The van der Waals surface area contributed by atoms with Crippen molar-refractivity contribution in [3.05, 3.63) is 93.5 Å². The molecule has 1 atom stereocenters. The summed E-state index contributed by atoms with van der Waals surface area (Å²) in [5, 5.41) is 18.8. The Morgan fingerprint density at radius 1 is 0.949 bits per heavy atom.